The van der Waals surface area contributed by atoms with Crippen molar-refractivity contribution in [3.05, 3.63) is 48.5 Å². The van der Waals surface area contributed by atoms with Gasteiger partial charge in [0.15, 0.2) is 0 Å². The first-order valence-corrected chi connectivity index (χ1v) is 10.1. The summed E-state index contributed by atoms with van der Waals surface area (Å²) in [5.41, 5.74) is 1.00. The number of pyridine rings is 1. The monoisotopic (exact) mass is 381 g/mol. The SMILES string of the molecule is O=C1CC(C(=O)N2CCC(CCn3cccn3)CC2)CN1Cc1cccnc1. The lowest BCUT2D eigenvalue weighted by Gasteiger charge is -2.33. The number of amides is 2. The van der Waals surface area contributed by atoms with Crippen molar-refractivity contribution < 1.29 is 9.59 Å². The van der Waals surface area contributed by atoms with E-state index in [0.29, 0.717) is 25.4 Å². The van der Waals surface area contributed by atoms with E-state index in [1.165, 1.54) is 0 Å². The molecule has 2 aliphatic heterocycles. The zero-order chi connectivity index (χ0) is 19.3. The predicted molar refractivity (Wildman–Crippen MR) is 104 cm³/mol. The quantitative estimate of drug-likeness (QED) is 0.767. The molecule has 7 heteroatoms. The first kappa shape index (κ1) is 18.7. The summed E-state index contributed by atoms with van der Waals surface area (Å²) in [7, 11) is 0. The van der Waals surface area contributed by atoms with Crippen molar-refractivity contribution in [2.24, 2.45) is 11.8 Å². The van der Waals surface area contributed by atoms with Crippen LogP contribution in [0.2, 0.25) is 0 Å². The molecule has 7 nitrogen and oxygen atoms in total. The van der Waals surface area contributed by atoms with E-state index in [1.807, 2.05) is 40.2 Å². The molecule has 2 fully saturated rings. The average Bonchev–Trinajstić information content (AvgIpc) is 3.37. The lowest BCUT2D eigenvalue weighted by molar-refractivity contribution is -0.137. The third-order valence-corrected chi connectivity index (χ3v) is 5.91. The molecule has 1 atom stereocenters. The highest BCUT2D eigenvalue weighted by atomic mass is 16.2. The fraction of sp³-hybridized carbons (Fsp3) is 0.524. The zero-order valence-electron chi connectivity index (χ0n) is 16.1. The second-order valence-corrected chi connectivity index (χ2v) is 7.86. The van der Waals surface area contributed by atoms with E-state index in [9.17, 15) is 9.59 Å². The number of piperidine rings is 1. The van der Waals surface area contributed by atoms with Gasteiger partial charge < -0.3 is 9.80 Å². The molecule has 0 saturated carbocycles. The van der Waals surface area contributed by atoms with Gasteiger partial charge in [0.05, 0.1) is 5.92 Å². The molecule has 2 aromatic heterocycles. The van der Waals surface area contributed by atoms with E-state index in [0.717, 1.165) is 44.5 Å². The number of aromatic nitrogens is 3. The van der Waals surface area contributed by atoms with E-state index >= 15 is 0 Å². The van der Waals surface area contributed by atoms with Crippen molar-refractivity contribution >= 4 is 11.8 Å². The maximum atomic E-state index is 12.9. The van der Waals surface area contributed by atoms with Crippen molar-refractivity contribution in [3.8, 4) is 0 Å². The second kappa shape index (κ2) is 8.54. The topological polar surface area (TPSA) is 71.3 Å². The Hall–Kier alpha value is -2.70. The number of hydrogen-bond donors (Lipinski definition) is 0. The van der Waals surface area contributed by atoms with Gasteiger partial charge in [0.2, 0.25) is 11.8 Å². The van der Waals surface area contributed by atoms with Gasteiger partial charge in [-0.15, -0.1) is 0 Å². The summed E-state index contributed by atoms with van der Waals surface area (Å²) in [5.74, 6) is 0.647. The Morgan fingerprint density at radius 1 is 1.18 bits per heavy atom. The van der Waals surface area contributed by atoms with Gasteiger partial charge in [0, 0.05) is 63.9 Å². The number of aryl methyl sites for hydroxylation is 1. The van der Waals surface area contributed by atoms with Crippen LogP contribution in [0, 0.1) is 11.8 Å². The highest BCUT2D eigenvalue weighted by molar-refractivity contribution is 5.89. The summed E-state index contributed by atoms with van der Waals surface area (Å²) in [6.45, 7) is 3.59. The van der Waals surface area contributed by atoms with Gasteiger partial charge in [-0.2, -0.15) is 5.10 Å². The van der Waals surface area contributed by atoms with Gasteiger partial charge in [-0.1, -0.05) is 6.07 Å². The lowest BCUT2D eigenvalue weighted by Crippen LogP contribution is -2.42. The largest absolute Gasteiger partial charge is 0.342 e. The molecule has 148 valence electrons. The van der Waals surface area contributed by atoms with Crippen LogP contribution < -0.4 is 0 Å². The third-order valence-electron chi connectivity index (χ3n) is 5.91. The summed E-state index contributed by atoms with van der Waals surface area (Å²) < 4.78 is 1.97. The average molecular weight is 381 g/mol. The van der Waals surface area contributed by atoms with Gasteiger partial charge in [-0.3, -0.25) is 19.3 Å². The van der Waals surface area contributed by atoms with Gasteiger partial charge >= 0.3 is 0 Å². The number of carbonyl (C=O) groups is 2. The smallest absolute Gasteiger partial charge is 0.227 e. The molecular weight excluding hydrogens is 354 g/mol. The number of hydrogen-bond acceptors (Lipinski definition) is 4. The Morgan fingerprint density at radius 2 is 2.04 bits per heavy atom. The third kappa shape index (κ3) is 4.40. The molecule has 0 bridgehead atoms. The van der Waals surface area contributed by atoms with Crippen LogP contribution in [0.1, 0.15) is 31.2 Å². The molecule has 0 spiro atoms. The van der Waals surface area contributed by atoms with Crippen LogP contribution in [0.25, 0.3) is 0 Å². The van der Waals surface area contributed by atoms with Crippen molar-refractivity contribution in [3.63, 3.8) is 0 Å². The van der Waals surface area contributed by atoms with Crippen LogP contribution >= 0.6 is 0 Å². The van der Waals surface area contributed by atoms with E-state index in [1.54, 1.807) is 17.3 Å². The van der Waals surface area contributed by atoms with E-state index < -0.39 is 0 Å². The van der Waals surface area contributed by atoms with Gasteiger partial charge in [-0.05, 0) is 42.9 Å². The van der Waals surface area contributed by atoms with Gasteiger partial charge in [0.1, 0.15) is 0 Å². The van der Waals surface area contributed by atoms with Crippen molar-refractivity contribution in [1.29, 1.82) is 0 Å². The number of rotatable bonds is 6. The first-order chi connectivity index (χ1) is 13.7. The maximum Gasteiger partial charge on any atom is 0.227 e. The molecule has 0 aliphatic carbocycles. The second-order valence-electron chi connectivity index (χ2n) is 7.86. The van der Waals surface area contributed by atoms with Crippen molar-refractivity contribution in [1.82, 2.24) is 24.6 Å². The Labute approximate surface area is 165 Å². The van der Waals surface area contributed by atoms with Gasteiger partial charge in [0.25, 0.3) is 0 Å². The zero-order valence-corrected chi connectivity index (χ0v) is 16.1. The van der Waals surface area contributed by atoms with E-state index in [-0.39, 0.29) is 17.7 Å². The Morgan fingerprint density at radius 3 is 2.75 bits per heavy atom. The summed E-state index contributed by atoms with van der Waals surface area (Å²) in [6.07, 6.45) is 10.8. The van der Waals surface area contributed by atoms with E-state index in [4.69, 9.17) is 0 Å². The standard InChI is InChI=1S/C21H27N5O2/c27-20-13-19(16-25(20)15-18-3-1-7-22-14-18)21(28)24-10-4-17(5-11-24)6-12-26-9-2-8-23-26/h1-3,7-9,14,17,19H,4-6,10-13,15-16H2. The molecule has 0 radical (unpaired) electrons. The fourth-order valence-corrected chi connectivity index (χ4v) is 4.25. The molecule has 4 rings (SSSR count). The molecule has 1 unspecified atom stereocenters. The lowest BCUT2D eigenvalue weighted by atomic mass is 9.92. The normalized spacial score (nSPS) is 20.7. The summed E-state index contributed by atoms with van der Waals surface area (Å²) in [6, 6.07) is 5.78. The molecule has 2 amide bonds. The minimum absolute atomic E-state index is 0.0660. The first-order valence-electron chi connectivity index (χ1n) is 10.1. The Balaban J connectivity index is 1.24. The highest BCUT2D eigenvalue weighted by Gasteiger charge is 2.37. The van der Waals surface area contributed by atoms with Crippen LogP contribution in [0.5, 0.6) is 0 Å². The minimum atomic E-state index is -0.204. The molecule has 2 aromatic rings. The van der Waals surface area contributed by atoms with Crippen molar-refractivity contribution in [2.45, 2.75) is 38.8 Å². The molecular formula is C21H27N5O2. The molecule has 2 aliphatic rings. The predicted octanol–water partition coefficient (Wildman–Crippen LogP) is 1.96. The number of carbonyl (C=O) groups excluding carboxylic acids is 2. The van der Waals surface area contributed by atoms with Gasteiger partial charge in [-0.25, -0.2) is 0 Å². The fourth-order valence-electron chi connectivity index (χ4n) is 4.25. The van der Waals surface area contributed by atoms with Crippen LogP contribution in [-0.2, 0) is 22.7 Å². The van der Waals surface area contributed by atoms with Crippen LogP contribution in [0.4, 0.5) is 0 Å². The Bertz CT molecular complexity index is 784. The van der Waals surface area contributed by atoms with Crippen molar-refractivity contribution in [2.75, 3.05) is 19.6 Å². The molecule has 2 saturated heterocycles. The summed E-state index contributed by atoms with van der Waals surface area (Å²) in [5, 5.41) is 4.25. The number of nitrogens with zero attached hydrogens (tertiary/aromatic N) is 5. The molecule has 0 N–H and O–H groups in total. The minimum Gasteiger partial charge on any atom is -0.342 e. The Kier molecular flexibility index (Phi) is 5.69. The van der Waals surface area contributed by atoms with E-state index in [2.05, 4.69) is 10.1 Å². The number of likely N-dealkylation sites (tertiary alicyclic amines) is 2. The molecule has 28 heavy (non-hydrogen) atoms. The van der Waals surface area contributed by atoms with Crippen LogP contribution in [0.3, 0.4) is 0 Å². The van der Waals surface area contributed by atoms with Crippen LogP contribution in [-0.4, -0.2) is 56.0 Å². The maximum absolute atomic E-state index is 12.9. The molecule has 0 aromatic carbocycles. The van der Waals surface area contributed by atoms with Crippen LogP contribution in [0.15, 0.2) is 43.0 Å². The highest BCUT2D eigenvalue weighted by Crippen LogP contribution is 2.26. The summed E-state index contributed by atoms with van der Waals surface area (Å²) in [4.78, 5) is 33.1. The summed E-state index contributed by atoms with van der Waals surface area (Å²) >= 11 is 0. The molecule has 4 heterocycles.